The molecule has 7 heteroatoms. The van der Waals surface area contributed by atoms with Crippen molar-refractivity contribution in [3.05, 3.63) is 69.2 Å². The smallest absolute Gasteiger partial charge is 0.222 e. The van der Waals surface area contributed by atoms with Gasteiger partial charge >= 0.3 is 0 Å². The van der Waals surface area contributed by atoms with Crippen LogP contribution in [-0.2, 0) is 17.9 Å². The van der Waals surface area contributed by atoms with Crippen LogP contribution in [0.4, 0.5) is 0 Å². The molecule has 1 aliphatic rings. The number of amides is 1. The summed E-state index contributed by atoms with van der Waals surface area (Å²) in [4.78, 5) is 18.4. The van der Waals surface area contributed by atoms with Gasteiger partial charge in [0.2, 0.25) is 5.91 Å². The van der Waals surface area contributed by atoms with E-state index in [1.165, 1.54) is 0 Å². The van der Waals surface area contributed by atoms with Gasteiger partial charge in [0, 0.05) is 36.1 Å². The average Bonchev–Trinajstić information content (AvgIpc) is 3.11. The van der Waals surface area contributed by atoms with Crippen LogP contribution < -0.4 is 10.6 Å². The van der Waals surface area contributed by atoms with Crippen molar-refractivity contribution < 1.29 is 4.79 Å². The van der Waals surface area contributed by atoms with E-state index >= 15 is 0 Å². The summed E-state index contributed by atoms with van der Waals surface area (Å²) in [5.41, 5.74) is 3.22. The van der Waals surface area contributed by atoms with Crippen molar-refractivity contribution in [2.24, 2.45) is 4.99 Å². The summed E-state index contributed by atoms with van der Waals surface area (Å²) in [5.74, 6) is 0.975. The second-order valence-electron chi connectivity index (χ2n) is 7.46. The van der Waals surface area contributed by atoms with E-state index in [9.17, 15) is 4.79 Å². The third-order valence-electron chi connectivity index (χ3n) is 5.11. The quantitative estimate of drug-likeness (QED) is 0.467. The summed E-state index contributed by atoms with van der Waals surface area (Å²) in [7, 11) is 0. The zero-order valence-corrected chi connectivity index (χ0v) is 18.9. The summed E-state index contributed by atoms with van der Waals surface area (Å²) in [6.07, 6.45) is 1.64. The molecule has 2 N–H and O–H groups in total. The number of rotatable bonds is 7. The molecule has 0 bridgehead atoms. The SMILES string of the molecule is CCNC(=NCc1ccc(CN2CCCC2=O)cc1)NC(C)c1ccc(Cl)cc1Cl. The maximum absolute atomic E-state index is 11.8. The number of hydrogen-bond donors (Lipinski definition) is 2. The summed E-state index contributed by atoms with van der Waals surface area (Å²) >= 11 is 12.3. The van der Waals surface area contributed by atoms with Crippen LogP contribution >= 0.6 is 23.2 Å². The fourth-order valence-electron chi connectivity index (χ4n) is 3.47. The lowest BCUT2D eigenvalue weighted by Crippen LogP contribution is -2.38. The molecule has 1 fully saturated rings. The number of guanidine groups is 1. The standard InChI is InChI=1S/C23H28Cl2N4O/c1-3-26-23(28-16(2)20-11-10-19(24)13-21(20)25)27-14-17-6-8-18(9-7-17)15-29-12-4-5-22(29)30/h6-11,13,16H,3-5,12,14-15H2,1-2H3,(H2,26,27,28). The Hall–Kier alpha value is -2.24. The molecule has 2 aromatic carbocycles. The van der Waals surface area contributed by atoms with Gasteiger partial charge in [0.1, 0.15) is 0 Å². The molecule has 1 heterocycles. The molecule has 1 unspecified atom stereocenters. The number of carbonyl (C=O) groups excluding carboxylic acids is 1. The highest BCUT2D eigenvalue weighted by Gasteiger charge is 2.19. The van der Waals surface area contributed by atoms with Crippen molar-refractivity contribution in [1.29, 1.82) is 0 Å². The lowest BCUT2D eigenvalue weighted by Gasteiger charge is -2.19. The van der Waals surface area contributed by atoms with Gasteiger partial charge in [0.25, 0.3) is 0 Å². The number of hydrogen-bond acceptors (Lipinski definition) is 2. The highest BCUT2D eigenvalue weighted by Crippen LogP contribution is 2.26. The monoisotopic (exact) mass is 446 g/mol. The Morgan fingerprint density at radius 2 is 1.90 bits per heavy atom. The normalized spacial score (nSPS) is 15.4. The number of likely N-dealkylation sites (tertiary alicyclic amines) is 1. The Kier molecular flexibility index (Phi) is 8.00. The molecule has 0 aromatic heterocycles. The molecule has 1 saturated heterocycles. The third kappa shape index (κ3) is 6.13. The molecule has 2 aromatic rings. The lowest BCUT2D eigenvalue weighted by atomic mass is 10.1. The number of carbonyl (C=O) groups is 1. The minimum atomic E-state index is -0.0204. The second-order valence-corrected chi connectivity index (χ2v) is 8.31. The molecule has 1 amide bonds. The van der Waals surface area contributed by atoms with Gasteiger partial charge in [-0.2, -0.15) is 0 Å². The van der Waals surface area contributed by atoms with Gasteiger partial charge in [-0.25, -0.2) is 4.99 Å². The van der Waals surface area contributed by atoms with Crippen LogP contribution in [0.1, 0.15) is 49.4 Å². The first-order chi connectivity index (χ1) is 14.5. The molecule has 3 rings (SSSR count). The van der Waals surface area contributed by atoms with Gasteiger partial charge in [-0.05, 0) is 49.1 Å². The first kappa shape index (κ1) is 22.4. The first-order valence-electron chi connectivity index (χ1n) is 10.3. The minimum absolute atomic E-state index is 0.0204. The van der Waals surface area contributed by atoms with Crippen molar-refractivity contribution in [2.45, 2.75) is 45.8 Å². The van der Waals surface area contributed by atoms with Gasteiger partial charge in [-0.15, -0.1) is 0 Å². The van der Waals surface area contributed by atoms with Crippen LogP contribution in [0.5, 0.6) is 0 Å². The van der Waals surface area contributed by atoms with E-state index in [-0.39, 0.29) is 11.9 Å². The Morgan fingerprint density at radius 1 is 1.17 bits per heavy atom. The number of nitrogens with one attached hydrogen (secondary N) is 2. The van der Waals surface area contributed by atoms with Crippen molar-refractivity contribution in [3.63, 3.8) is 0 Å². The highest BCUT2D eigenvalue weighted by atomic mass is 35.5. The summed E-state index contributed by atoms with van der Waals surface area (Å²) < 4.78 is 0. The lowest BCUT2D eigenvalue weighted by molar-refractivity contribution is -0.128. The van der Waals surface area contributed by atoms with Crippen LogP contribution in [0.3, 0.4) is 0 Å². The molecule has 0 saturated carbocycles. The van der Waals surface area contributed by atoms with Gasteiger partial charge in [0.15, 0.2) is 5.96 Å². The summed E-state index contributed by atoms with van der Waals surface area (Å²) in [5, 5.41) is 7.92. The van der Waals surface area contributed by atoms with Crippen molar-refractivity contribution >= 4 is 35.1 Å². The first-order valence-corrected chi connectivity index (χ1v) is 11.1. The Morgan fingerprint density at radius 3 is 2.53 bits per heavy atom. The Bertz CT molecular complexity index is 899. The maximum Gasteiger partial charge on any atom is 0.222 e. The van der Waals surface area contributed by atoms with Crippen molar-refractivity contribution in [2.75, 3.05) is 13.1 Å². The summed E-state index contributed by atoms with van der Waals surface area (Å²) in [6, 6.07) is 13.8. The third-order valence-corrected chi connectivity index (χ3v) is 5.68. The molecule has 0 spiro atoms. The van der Waals surface area contributed by atoms with Crippen LogP contribution in [0.15, 0.2) is 47.5 Å². The maximum atomic E-state index is 11.8. The Labute approximate surface area is 188 Å². The fourth-order valence-corrected chi connectivity index (χ4v) is 4.04. The molecule has 5 nitrogen and oxygen atoms in total. The van der Waals surface area contributed by atoms with E-state index in [2.05, 4.69) is 34.9 Å². The number of aliphatic imine (C=N–C) groups is 1. The number of nitrogens with zero attached hydrogens (tertiary/aromatic N) is 2. The highest BCUT2D eigenvalue weighted by molar-refractivity contribution is 6.35. The van der Waals surface area contributed by atoms with Crippen LogP contribution in [0, 0.1) is 0 Å². The molecule has 1 atom stereocenters. The zero-order chi connectivity index (χ0) is 21.5. The predicted molar refractivity (Wildman–Crippen MR) is 124 cm³/mol. The topological polar surface area (TPSA) is 56.7 Å². The van der Waals surface area contributed by atoms with Crippen LogP contribution in [0.2, 0.25) is 10.0 Å². The predicted octanol–water partition coefficient (Wildman–Crippen LogP) is 4.93. The van der Waals surface area contributed by atoms with E-state index in [4.69, 9.17) is 28.2 Å². The Balaban J connectivity index is 1.61. The molecule has 30 heavy (non-hydrogen) atoms. The van der Waals surface area contributed by atoms with Crippen LogP contribution in [-0.4, -0.2) is 29.9 Å². The zero-order valence-electron chi connectivity index (χ0n) is 17.4. The van der Waals surface area contributed by atoms with E-state index in [1.807, 2.05) is 30.9 Å². The number of benzene rings is 2. The molecule has 160 valence electrons. The molecule has 0 aliphatic carbocycles. The molecular weight excluding hydrogens is 419 g/mol. The van der Waals surface area contributed by atoms with Crippen LogP contribution in [0.25, 0.3) is 0 Å². The van der Waals surface area contributed by atoms with E-state index in [1.54, 1.807) is 6.07 Å². The van der Waals surface area contributed by atoms with Gasteiger partial charge in [-0.1, -0.05) is 53.5 Å². The van der Waals surface area contributed by atoms with E-state index in [0.29, 0.717) is 29.6 Å². The average molecular weight is 447 g/mol. The number of halogens is 2. The van der Waals surface area contributed by atoms with E-state index in [0.717, 1.165) is 42.2 Å². The van der Waals surface area contributed by atoms with Gasteiger partial charge in [0.05, 0.1) is 12.6 Å². The van der Waals surface area contributed by atoms with E-state index < -0.39 is 0 Å². The molecule has 0 radical (unpaired) electrons. The van der Waals surface area contributed by atoms with Crippen molar-refractivity contribution in [3.8, 4) is 0 Å². The molecular formula is C23H28Cl2N4O. The van der Waals surface area contributed by atoms with Gasteiger partial charge in [-0.3, -0.25) is 4.79 Å². The second kappa shape index (κ2) is 10.7. The largest absolute Gasteiger partial charge is 0.357 e. The molecule has 1 aliphatic heterocycles. The summed E-state index contributed by atoms with van der Waals surface area (Å²) in [6.45, 7) is 6.93. The van der Waals surface area contributed by atoms with Gasteiger partial charge < -0.3 is 15.5 Å². The fraction of sp³-hybridized carbons (Fsp3) is 0.391. The van der Waals surface area contributed by atoms with Crippen molar-refractivity contribution in [1.82, 2.24) is 15.5 Å². The minimum Gasteiger partial charge on any atom is -0.357 e.